The normalized spacial score (nSPS) is 22.0. The molecule has 2 aromatic rings. The Morgan fingerprint density at radius 3 is 2.71 bits per heavy atom. The Bertz CT molecular complexity index is 601. The number of rotatable bonds is 2. The van der Waals surface area contributed by atoms with Crippen molar-refractivity contribution in [2.45, 2.75) is 44.2 Å². The van der Waals surface area contributed by atoms with E-state index in [0.717, 1.165) is 18.9 Å². The molecule has 2 saturated carbocycles. The molecule has 0 saturated heterocycles. The largest absolute Gasteiger partial charge is 0.344 e. The van der Waals surface area contributed by atoms with E-state index >= 15 is 0 Å². The number of benzene rings is 1. The van der Waals surface area contributed by atoms with Gasteiger partial charge in [-0.05, 0) is 50.3 Å². The highest BCUT2D eigenvalue weighted by atomic mass is 15.0. The van der Waals surface area contributed by atoms with Crippen molar-refractivity contribution in [3.63, 3.8) is 0 Å². The van der Waals surface area contributed by atoms with Gasteiger partial charge in [0.2, 0.25) is 0 Å². The molecule has 17 heavy (non-hydrogen) atoms. The van der Waals surface area contributed by atoms with Crippen LogP contribution in [0.1, 0.15) is 42.9 Å². The Hall–Kier alpha value is -1.28. The smallest absolute Gasteiger partial charge is 0.0486 e. The highest BCUT2D eigenvalue weighted by Gasteiger charge is 2.42. The van der Waals surface area contributed by atoms with Crippen molar-refractivity contribution >= 4 is 10.9 Å². The van der Waals surface area contributed by atoms with Crippen LogP contribution in [-0.4, -0.2) is 4.57 Å². The summed E-state index contributed by atoms with van der Waals surface area (Å²) in [7, 11) is 0. The van der Waals surface area contributed by atoms with Gasteiger partial charge >= 0.3 is 0 Å². The molecular weight excluding hydrogens is 208 g/mol. The third-order valence-electron chi connectivity index (χ3n) is 4.25. The van der Waals surface area contributed by atoms with Crippen molar-refractivity contribution in [1.82, 2.24) is 4.57 Å². The number of aromatic nitrogens is 1. The maximum atomic E-state index is 6.40. The molecule has 88 valence electrons. The molecule has 4 rings (SSSR count). The van der Waals surface area contributed by atoms with Crippen molar-refractivity contribution in [1.29, 1.82) is 0 Å². The summed E-state index contributed by atoms with van der Waals surface area (Å²) in [5.41, 5.74) is 10.5. The van der Waals surface area contributed by atoms with Gasteiger partial charge in [0.25, 0.3) is 0 Å². The van der Waals surface area contributed by atoms with Gasteiger partial charge in [-0.2, -0.15) is 0 Å². The summed E-state index contributed by atoms with van der Waals surface area (Å²) in [5, 5.41) is 1.39. The Morgan fingerprint density at radius 1 is 1.29 bits per heavy atom. The predicted molar refractivity (Wildman–Crippen MR) is 70.0 cm³/mol. The van der Waals surface area contributed by atoms with Gasteiger partial charge in [-0.3, -0.25) is 0 Å². The minimum atomic E-state index is -0.0216. The van der Waals surface area contributed by atoms with Gasteiger partial charge in [-0.25, -0.2) is 0 Å². The Kier molecular flexibility index (Phi) is 1.68. The van der Waals surface area contributed by atoms with Crippen molar-refractivity contribution < 1.29 is 0 Å². The predicted octanol–water partition coefficient (Wildman–Crippen LogP) is 3.23. The van der Waals surface area contributed by atoms with Gasteiger partial charge < -0.3 is 10.3 Å². The maximum Gasteiger partial charge on any atom is 0.0486 e. The summed E-state index contributed by atoms with van der Waals surface area (Å²) in [6.45, 7) is 2.16. The van der Waals surface area contributed by atoms with E-state index in [9.17, 15) is 0 Å². The average Bonchev–Trinajstić information content (AvgIpc) is 3.21. The molecule has 0 spiro atoms. The second-order valence-corrected chi connectivity index (χ2v) is 5.86. The van der Waals surface area contributed by atoms with Crippen LogP contribution in [0.15, 0.2) is 24.4 Å². The van der Waals surface area contributed by atoms with Crippen LogP contribution in [0.25, 0.3) is 10.9 Å². The summed E-state index contributed by atoms with van der Waals surface area (Å²) in [6.07, 6.45) is 7.27. The molecule has 0 radical (unpaired) electrons. The fourth-order valence-electron chi connectivity index (χ4n) is 2.82. The van der Waals surface area contributed by atoms with E-state index < -0.39 is 0 Å². The van der Waals surface area contributed by atoms with Gasteiger partial charge in [-0.15, -0.1) is 0 Å². The lowest BCUT2D eigenvalue weighted by Crippen LogP contribution is -2.18. The van der Waals surface area contributed by atoms with Gasteiger partial charge in [0.15, 0.2) is 0 Å². The minimum absolute atomic E-state index is 0.0216. The molecule has 0 unspecified atom stereocenters. The molecule has 0 amide bonds. The number of hydrogen-bond acceptors (Lipinski definition) is 1. The first-order chi connectivity index (χ1) is 8.17. The third-order valence-corrected chi connectivity index (χ3v) is 4.25. The van der Waals surface area contributed by atoms with Crippen LogP contribution in [0.3, 0.4) is 0 Å². The Balaban J connectivity index is 2.02. The first-order valence-corrected chi connectivity index (χ1v) is 6.58. The van der Waals surface area contributed by atoms with Crippen LogP contribution in [0.5, 0.6) is 0 Å². The topological polar surface area (TPSA) is 30.9 Å². The summed E-state index contributed by atoms with van der Waals surface area (Å²) >= 11 is 0. The molecule has 0 aliphatic heterocycles. The molecule has 0 bridgehead atoms. The zero-order valence-corrected chi connectivity index (χ0v) is 10.2. The second-order valence-electron chi connectivity index (χ2n) is 5.86. The number of hydrogen-bond donors (Lipinski definition) is 1. The lowest BCUT2D eigenvalue weighted by atomic mass is 10.0. The van der Waals surface area contributed by atoms with Crippen molar-refractivity contribution in [2.24, 2.45) is 5.73 Å². The SMILES string of the molecule is Cc1ccc2c(c1)c(C1(N)CC1)cn2C1CC1. The molecule has 2 nitrogen and oxygen atoms in total. The zero-order chi connectivity index (χ0) is 11.6. The minimum Gasteiger partial charge on any atom is -0.344 e. The molecule has 1 aromatic heterocycles. The number of fused-ring (bicyclic) bond motifs is 1. The van der Waals surface area contributed by atoms with Crippen LogP contribution in [0.2, 0.25) is 0 Å². The molecule has 2 aliphatic carbocycles. The van der Waals surface area contributed by atoms with Crippen molar-refractivity contribution in [3.8, 4) is 0 Å². The van der Waals surface area contributed by atoms with E-state index in [0.29, 0.717) is 0 Å². The van der Waals surface area contributed by atoms with Crippen molar-refractivity contribution in [3.05, 3.63) is 35.5 Å². The van der Waals surface area contributed by atoms with Crippen LogP contribution < -0.4 is 5.73 Å². The molecule has 0 atom stereocenters. The molecule has 2 heteroatoms. The standard InChI is InChI=1S/C15H18N2/c1-10-2-5-14-12(8-10)13(15(16)6-7-15)9-17(14)11-3-4-11/h2,5,8-9,11H,3-4,6-7,16H2,1H3. The average molecular weight is 226 g/mol. The molecule has 1 heterocycles. The van der Waals surface area contributed by atoms with Gasteiger partial charge in [-0.1, -0.05) is 11.6 Å². The Labute approximate surface area is 101 Å². The summed E-state index contributed by atoms with van der Waals surface area (Å²) in [6, 6.07) is 7.51. The highest BCUT2D eigenvalue weighted by Crippen LogP contribution is 2.48. The molecular formula is C15H18N2. The van der Waals surface area contributed by atoms with E-state index in [-0.39, 0.29) is 5.54 Å². The highest BCUT2D eigenvalue weighted by molar-refractivity contribution is 5.86. The lowest BCUT2D eigenvalue weighted by Gasteiger charge is -2.06. The number of nitrogens with two attached hydrogens (primary N) is 1. The van der Waals surface area contributed by atoms with E-state index in [1.54, 1.807) is 0 Å². The summed E-state index contributed by atoms with van der Waals surface area (Å²) < 4.78 is 2.46. The molecule has 2 aliphatic rings. The first-order valence-electron chi connectivity index (χ1n) is 6.58. The third kappa shape index (κ3) is 1.37. The lowest BCUT2D eigenvalue weighted by molar-refractivity contribution is 0.721. The molecule has 1 aromatic carbocycles. The van der Waals surface area contributed by atoms with Crippen LogP contribution in [0, 0.1) is 6.92 Å². The van der Waals surface area contributed by atoms with Crippen LogP contribution >= 0.6 is 0 Å². The van der Waals surface area contributed by atoms with Gasteiger partial charge in [0.1, 0.15) is 0 Å². The van der Waals surface area contributed by atoms with Crippen LogP contribution in [0.4, 0.5) is 0 Å². The zero-order valence-electron chi connectivity index (χ0n) is 10.2. The van der Waals surface area contributed by atoms with Crippen LogP contribution in [-0.2, 0) is 5.54 Å². The Morgan fingerprint density at radius 2 is 2.06 bits per heavy atom. The number of nitrogens with zero attached hydrogens (tertiary/aromatic N) is 1. The summed E-state index contributed by atoms with van der Waals surface area (Å²) in [5.74, 6) is 0. The number of aryl methyl sites for hydroxylation is 1. The van der Waals surface area contributed by atoms with E-state index in [4.69, 9.17) is 5.73 Å². The first kappa shape index (κ1) is 9.72. The molecule has 2 N–H and O–H groups in total. The molecule has 2 fully saturated rings. The van der Waals surface area contributed by atoms with Crippen molar-refractivity contribution in [2.75, 3.05) is 0 Å². The van der Waals surface area contributed by atoms with E-state index in [2.05, 4.69) is 35.9 Å². The van der Waals surface area contributed by atoms with E-state index in [1.807, 2.05) is 0 Å². The second kappa shape index (κ2) is 2.94. The van der Waals surface area contributed by atoms with Gasteiger partial charge in [0.05, 0.1) is 0 Å². The monoisotopic (exact) mass is 226 g/mol. The van der Waals surface area contributed by atoms with E-state index in [1.165, 1.54) is 34.9 Å². The fourth-order valence-corrected chi connectivity index (χ4v) is 2.82. The fraction of sp³-hybridized carbons (Fsp3) is 0.467. The quantitative estimate of drug-likeness (QED) is 0.837. The maximum absolute atomic E-state index is 6.40. The van der Waals surface area contributed by atoms with Gasteiger partial charge in [0, 0.05) is 28.7 Å². The summed E-state index contributed by atoms with van der Waals surface area (Å²) in [4.78, 5) is 0.